The first-order chi connectivity index (χ1) is 7.50. The summed E-state index contributed by atoms with van der Waals surface area (Å²) < 4.78 is 3.04. The lowest BCUT2D eigenvalue weighted by Gasteiger charge is -2.18. The van der Waals surface area contributed by atoms with E-state index in [1.807, 2.05) is 0 Å². The predicted molar refractivity (Wildman–Crippen MR) is 71.4 cm³/mol. The number of imidazole rings is 1. The van der Waals surface area contributed by atoms with Crippen molar-refractivity contribution in [2.75, 3.05) is 0 Å². The smallest absolute Gasteiger partial charge is 0.178 e. The van der Waals surface area contributed by atoms with Gasteiger partial charge in [0.1, 0.15) is 0 Å². The van der Waals surface area contributed by atoms with Crippen molar-refractivity contribution in [1.29, 1.82) is 0 Å². The van der Waals surface area contributed by atoms with Gasteiger partial charge >= 0.3 is 0 Å². The fourth-order valence-corrected chi connectivity index (χ4v) is 2.32. The summed E-state index contributed by atoms with van der Waals surface area (Å²) in [6.07, 6.45) is 0. The normalized spacial score (nSPS) is 13.6. The number of aryl methyl sites for hydroxylation is 1. The summed E-state index contributed by atoms with van der Waals surface area (Å²) in [5, 5.41) is 0. The van der Waals surface area contributed by atoms with Crippen molar-refractivity contribution in [1.82, 2.24) is 9.55 Å². The van der Waals surface area contributed by atoms with Crippen LogP contribution in [-0.2, 0) is 0 Å². The van der Waals surface area contributed by atoms with Gasteiger partial charge in [-0.1, -0.05) is 19.9 Å². The number of fused-ring (bicyclic) bond motifs is 1. The van der Waals surface area contributed by atoms with Crippen LogP contribution in [0.4, 0.5) is 0 Å². The van der Waals surface area contributed by atoms with Gasteiger partial charge in [0.2, 0.25) is 0 Å². The van der Waals surface area contributed by atoms with Crippen molar-refractivity contribution >= 4 is 23.3 Å². The Balaban J connectivity index is 2.70. The summed E-state index contributed by atoms with van der Waals surface area (Å²) in [7, 11) is 0. The van der Waals surface area contributed by atoms with Crippen LogP contribution in [0, 0.1) is 17.6 Å². The third-order valence-electron chi connectivity index (χ3n) is 3.24. The largest absolute Gasteiger partial charge is 0.331 e. The van der Waals surface area contributed by atoms with Gasteiger partial charge in [0.05, 0.1) is 11.0 Å². The Bertz CT molecular complexity index is 563. The lowest BCUT2D eigenvalue weighted by molar-refractivity contribution is 0.413. The number of aromatic nitrogens is 2. The van der Waals surface area contributed by atoms with Crippen molar-refractivity contribution in [3.63, 3.8) is 0 Å². The van der Waals surface area contributed by atoms with Crippen LogP contribution in [-0.4, -0.2) is 9.55 Å². The lowest BCUT2D eigenvalue weighted by Crippen LogP contribution is -2.11. The van der Waals surface area contributed by atoms with Crippen molar-refractivity contribution in [2.24, 2.45) is 5.92 Å². The minimum Gasteiger partial charge on any atom is -0.331 e. The summed E-state index contributed by atoms with van der Waals surface area (Å²) in [5.41, 5.74) is 3.60. The topological polar surface area (TPSA) is 20.7 Å². The Morgan fingerprint density at radius 3 is 2.56 bits per heavy atom. The zero-order valence-corrected chi connectivity index (χ0v) is 11.1. The van der Waals surface area contributed by atoms with E-state index in [1.54, 1.807) is 0 Å². The molecule has 1 aromatic heterocycles. The maximum Gasteiger partial charge on any atom is 0.178 e. The molecule has 0 amide bonds. The van der Waals surface area contributed by atoms with Gasteiger partial charge in [0.15, 0.2) is 4.77 Å². The Morgan fingerprint density at radius 1 is 1.25 bits per heavy atom. The van der Waals surface area contributed by atoms with Gasteiger partial charge in [-0.05, 0) is 49.7 Å². The van der Waals surface area contributed by atoms with Crippen LogP contribution in [0.3, 0.4) is 0 Å². The van der Waals surface area contributed by atoms with Crippen LogP contribution in [0.25, 0.3) is 11.0 Å². The monoisotopic (exact) mass is 234 g/mol. The van der Waals surface area contributed by atoms with Crippen LogP contribution < -0.4 is 0 Å². The van der Waals surface area contributed by atoms with E-state index >= 15 is 0 Å². The number of H-pyrrole nitrogens is 1. The van der Waals surface area contributed by atoms with E-state index in [1.165, 1.54) is 11.1 Å². The summed E-state index contributed by atoms with van der Waals surface area (Å²) >= 11 is 5.40. The first kappa shape index (κ1) is 11.4. The number of hydrogen-bond donors (Lipinski definition) is 1. The second-order valence-electron chi connectivity index (χ2n) is 4.81. The number of benzene rings is 1. The molecular weight excluding hydrogens is 216 g/mol. The Kier molecular flexibility index (Phi) is 2.89. The molecule has 0 bridgehead atoms. The number of rotatable bonds is 2. The van der Waals surface area contributed by atoms with Gasteiger partial charge in [-0.3, -0.25) is 0 Å². The maximum atomic E-state index is 5.40. The molecular formula is C13H18N2S. The standard InChI is InChI=1S/C13H18N2S/c1-8(2)10(4)15-12-6-5-9(3)7-11(12)14-13(15)16/h5-8,10H,1-4H3,(H,14,16). The summed E-state index contributed by atoms with van der Waals surface area (Å²) in [6.45, 7) is 8.76. The van der Waals surface area contributed by atoms with Crippen LogP contribution >= 0.6 is 12.2 Å². The Hall–Kier alpha value is -1.09. The molecule has 16 heavy (non-hydrogen) atoms. The molecule has 2 aromatic rings. The van der Waals surface area contributed by atoms with Crippen molar-refractivity contribution in [3.05, 3.63) is 28.5 Å². The minimum absolute atomic E-state index is 0.420. The zero-order valence-electron chi connectivity index (χ0n) is 10.2. The highest BCUT2D eigenvalue weighted by atomic mass is 32.1. The third-order valence-corrected chi connectivity index (χ3v) is 3.54. The van der Waals surface area contributed by atoms with E-state index in [2.05, 4.69) is 55.4 Å². The van der Waals surface area contributed by atoms with Gasteiger partial charge in [-0.25, -0.2) is 0 Å². The van der Waals surface area contributed by atoms with Gasteiger partial charge < -0.3 is 9.55 Å². The average Bonchev–Trinajstić information content (AvgIpc) is 2.51. The number of nitrogens with one attached hydrogen (secondary N) is 1. The molecule has 0 saturated carbocycles. The molecule has 1 heterocycles. The first-order valence-electron chi connectivity index (χ1n) is 5.71. The third kappa shape index (κ3) is 1.80. The molecule has 1 N–H and O–H groups in total. The molecule has 1 unspecified atom stereocenters. The lowest BCUT2D eigenvalue weighted by atomic mass is 10.1. The van der Waals surface area contributed by atoms with E-state index in [0.29, 0.717) is 12.0 Å². The quantitative estimate of drug-likeness (QED) is 0.771. The van der Waals surface area contributed by atoms with Crippen LogP contribution in [0.15, 0.2) is 18.2 Å². The molecule has 0 saturated heterocycles. The average molecular weight is 234 g/mol. The van der Waals surface area contributed by atoms with Crippen molar-refractivity contribution < 1.29 is 0 Å². The molecule has 0 aliphatic carbocycles. The molecule has 2 rings (SSSR count). The highest BCUT2D eigenvalue weighted by Gasteiger charge is 2.13. The molecule has 0 fully saturated rings. The van der Waals surface area contributed by atoms with Gasteiger partial charge in [-0.2, -0.15) is 0 Å². The van der Waals surface area contributed by atoms with Crippen molar-refractivity contribution in [2.45, 2.75) is 33.7 Å². The summed E-state index contributed by atoms with van der Waals surface area (Å²) in [4.78, 5) is 3.28. The second-order valence-corrected chi connectivity index (χ2v) is 5.19. The van der Waals surface area contributed by atoms with E-state index in [0.717, 1.165) is 10.3 Å². The van der Waals surface area contributed by atoms with Gasteiger partial charge in [0.25, 0.3) is 0 Å². The zero-order chi connectivity index (χ0) is 11.9. The Morgan fingerprint density at radius 2 is 1.94 bits per heavy atom. The summed E-state index contributed by atoms with van der Waals surface area (Å²) in [6, 6.07) is 6.85. The number of nitrogens with zero attached hydrogens (tertiary/aromatic N) is 1. The molecule has 86 valence electrons. The minimum atomic E-state index is 0.420. The fourth-order valence-electron chi connectivity index (χ4n) is 1.95. The van der Waals surface area contributed by atoms with Crippen molar-refractivity contribution in [3.8, 4) is 0 Å². The SMILES string of the molecule is Cc1ccc2c(c1)[nH]c(=S)n2C(C)C(C)C. The van der Waals surface area contributed by atoms with Crippen LogP contribution in [0.2, 0.25) is 0 Å². The molecule has 0 spiro atoms. The van der Waals surface area contributed by atoms with Crippen LogP contribution in [0.1, 0.15) is 32.4 Å². The molecule has 0 aliphatic rings. The summed E-state index contributed by atoms with van der Waals surface area (Å²) in [5.74, 6) is 0.576. The predicted octanol–water partition coefficient (Wildman–Crippen LogP) is 4.22. The molecule has 3 heteroatoms. The highest BCUT2D eigenvalue weighted by Crippen LogP contribution is 2.24. The molecule has 0 aliphatic heterocycles. The molecule has 0 radical (unpaired) electrons. The highest BCUT2D eigenvalue weighted by molar-refractivity contribution is 7.71. The van der Waals surface area contributed by atoms with E-state index < -0.39 is 0 Å². The van der Waals surface area contributed by atoms with Gasteiger partial charge in [-0.15, -0.1) is 0 Å². The first-order valence-corrected chi connectivity index (χ1v) is 6.12. The van der Waals surface area contributed by atoms with E-state index in [-0.39, 0.29) is 0 Å². The van der Waals surface area contributed by atoms with E-state index in [9.17, 15) is 0 Å². The fraction of sp³-hybridized carbons (Fsp3) is 0.462. The van der Waals surface area contributed by atoms with Crippen LogP contribution in [0.5, 0.6) is 0 Å². The molecule has 1 aromatic carbocycles. The molecule has 2 nitrogen and oxygen atoms in total. The Labute approximate surface area is 101 Å². The number of hydrogen-bond acceptors (Lipinski definition) is 1. The van der Waals surface area contributed by atoms with E-state index in [4.69, 9.17) is 12.2 Å². The maximum absolute atomic E-state index is 5.40. The molecule has 1 atom stereocenters. The van der Waals surface area contributed by atoms with Gasteiger partial charge in [0, 0.05) is 6.04 Å². The second kappa shape index (κ2) is 4.06. The number of aromatic amines is 1.